The molecule has 0 aliphatic carbocycles. The number of carbonyl (C=O) groups excluding carboxylic acids is 1. The zero-order chi connectivity index (χ0) is 39.3. The van der Waals surface area contributed by atoms with Crippen LogP contribution in [0.1, 0.15) is 75.5 Å². The van der Waals surface area contributed by atoms with Gasteiger partial charge in [-0.05, 0) is 92.1 Å². The summed E-state index contributed by atoms with van der Waals surface area (Å²) in [7, 11) is 0. The average molecular weight is 774 g/mol. The quantitative estimate of drug-likeness (QED) is 0.116. The van der Waals surface area contributed by atoms with Crippen LogP contribution in [0, 0.1) is 0 Å². The number of carboxylic acids is 3. The van der Waals surface area contributed by atoms with E-state index in [1.54, 1.807) is 36.9 Å². The standard InChI is InChI=1S/C14H15N3O.2C9H6N2O2.C7H8N2O2.2CH4/c18-14(17-8-2-1-3-9-17)11-4-5-12-13(10-11)16-7-6-15-12;2*12-9(13)6-1-2-7-8(5-6)11-4-3-10-7;8-5-2-1-4(7(10)11)3-6(5)9;;/h4-7,10H,1-3,8-9H2;2*1-5H,(H,12,13);1-3H,8-9H2,(H,10,11);2*1H4. The van der Waals surface area contributed by atoms with Crippen LogP contribution in [-0.4, -0.2) is 87.0 Å². The Morgan fingerprint density at radius 1 is 0.439 bits per heavy atom. The SMILES string of the molecule is C.C.Nc1ccc(C(=O)O)cc1N.O=C(O)c1ccc2nccnc2c1.O=C(O)c1ccc2nccnc2c1.O=C(c1ccc2nccnc2c1)N1CCCCC1. The monoisotopic (exact) mass is 773 g/mol. The Kier molecular flexibility index (Phi) is 15.9. The van der Waals surface area contributed by atoms with E-state index in [1.165, 1.54) is 61.3 Å². The summed E-state index contributed by atoms with van der Waals surface area (Å²) in [5.74, 6) is -2.79. The molecule has 0 radical (unpaired) electrons. The number of nitrogen functional groups attached to an aromatic ring is 2. The van der Waals surface area contributed by atoms with Gasteiger partial charge in [-0.15, -0.1) is 0 Å². The first-order valence-corrected chi connectivity index (χ1v) is 16.8. The Morgan fingerprint density at radius 2 is 0.772 bits per heavy atom. The number of piperidine rings is 1. The molecule has 0 spiro atoms. The van der Waals surface area contributed by atoms with Crippen molar-refractivity contribution in [1.82, 2.24) is 34.8 Å². The number of benzene rings is 4. The van der Waals surface area contributed by atoms with Gasteiger partial charge < -0.3 is 31.7 Å². The minimum absolute atomic E-state index is 0. The highest BCUT2D eigenvalue weighted by Crippen LogP contribution is 2.17. The summed E-state index contributed by atoms with van der Waals surface area (Å²) in [6, 6.07) is 19.1. The summed E-state index contributed by atoms with van der Waals surface area (Å²) in [5, 5.41) is 25.9. The van der Waals surface area contributed by atoms with Crippen LogP contribution >= 0.6 is 0 Å². The summed E-state index contributed by atoms with van der Waals surface area (Å²) in [6.45, 7) is 1.74. The van der Waals surface area contributed by atoms with Crippen LogP contribution in [-0.2, 0) is 0 Å². The fourth-order valence-electron chi connectivity index (χ4n) is 5.28. The summed E-state index contributed by atoms with van der Waals surface area (Å²) in [4.78, 5) is 70.3. The van der Waals surface area contributed by atoms with Gasteiger partial charge >= 0.3 is 17.9 Å². The first-order valence-electron chi connectivity index (χ1n) is 16.8. The fraction of sp³-hybridized carbons (Fsp3) is 0.171. The molecule has 4 aromatic carbocycles. The van der Waals surface area contributed by atoms with E-state index < -0.39 is 17.9 Å². The zero-order valence-corrected chi connectivity index (χ0v) is 29.2. The maximum absolute atomic E-state index is 12.3. The van der Waals surface area contributed by atoms with Crippen molar-refractivity contribution in [2.24, 2.45) is 0 Å². The molecule has 1 fully saturated rings. The van der Waals surface area contributed by atoms with Gasteiger partial charge in [-0.2, -0.15) is 0 Å². The van der Waals surface area contributed by atoms with Gasteiger partial charge in [-0.25, -0.2) is 14.4 Å². The lowest BCUT2D eigenvalue weighted by Gasteiger charge is -2.26. The molecule has 57 heavy (non-hydrogen) atoms. The highest BCUT2D eigenvalue weighted by molar-refractivity contribution is 5.97. The van der Waals surface area contributed by atoms with Gasteiger partial charge in [-0.1, -0.05) is 14.9 Å². The maximum Gasteiger partial charge on any atom is 0.335 e. The van der Waals surface area contributed by atoms with E-state index in [-0.39, 0.29) is 37.5 Å². The van der Waals surface area contributed by atoms with Crippen molar-refractivity contribution in [3.8, 4) is 0 Å². The molecule has 0 unspecified atom stereocenters. The predicted octanol–water partition coefficient (Wildman–Crippen LogP) is 6.73. The third-order valence-electron chi connectivity index (χ3n) is 8.13. The lowest BCUT2D eigenvalue weighted by molar-refractivity contribution is 0.0686. The van der Waals surface area contributed by atoms with Crippen LogP contribution < -0.4 is 11.5 Å². The number of aromatic carboxylic acids is 3. The Balaban J connectivity index is 0.000000205. The molecular weight excluding hydrogens is 731 g/mol. The highest BCUT2D eigenvalue weighted by atomic mass is 16.4. The van der Waals surface area contributed by atoms with Crippen LogP contribution in [0.25, 0.3) is 33.1 Å². The number of carboxylic acid groups (broad SMARTS) is 3. The van der Waals surface area contributed by atoms with E-state index in [9.17, 15) is 19.2 Å². The third-order valence-corrected chi connectivity index (χ3v) is 8.13. The van der Waals surface area contributed by atoms with E-state index in [2.05, 4.69) is 29.9 Å². The van der Waals surface area contributed by atoms with E-state index in [4.69, 9.17) is 26.8 Å². The van der Waals surface area contributed by atoms with E-state index in [0.717, 1.165) is 37.0 Å². The van der Waals surface area contributed by atoms with E-state index in [1.807, 2.05) is 23.1 Å². The van der Waals surface area contributed by atoms with Crippen molar-refractivity contribution in [1.29, 1.82) is 0 Å². The largest absolute Gasteiger partial charge is 0.478 e. The summed E-state index contributed by atoms with van der Waals surface area (Å²) in [6.07, 6.45) is 13.0. The van der Waals surface area contributed by atoms with Gasteiger partial charge in [0.1, 0.15) is 0 Å². The van der Waals surface area contributed by atoms with Gasteiger partial charge in [0.2, 0.25) is 0 Å². The summed E-state index contributed by atoms with van der Waals surface area (Å²) in [5.41, 5.74) is 17.0. The molecule has 294 valence electrons. The predicted molar refractivity (Wildman–Crippen MR) is 218 cm³/mol. The van der Waals surface area contributed by atoms with Crippen molar-refractivity contribution in [2.45, 2.75) is 34.1 Å². The Morgan fingerprint density at radius 3 is 1.16 bits per heavy atom. The molecule has 16 heteroatoms. The molecule has 1 saturated heterocycles. The van der Waals surface area contributed by atoms with Crippen LogP contribution in [0.4, 0.5) is 11.4 Å². The average Bonchev–Trinajstić information content (AvgIpc) is 3.22. The Labute approximate surface area is 327 Å². The number of anilines is 2. The van der Waals surface area contributed by atoms with Gasteiger partial charge in [0.25, 0.3) is 5.91 Å². The minimum atomic E-state index is -1.00. The van der Waals surface area contributed by atoms with Crippen LogP contribution in [0.15, 0.2) is 110 Å². The number of amides is 1. The van der Waals surface area contributed by atoms with Gasteiger partial charge in [0.15, 0.2) is 0 Å². The smallest absolute Gasteiger partial charge is 0.335 e. The van der Waals surface area contributed by atoms with Crippen LogP contribution in [0.5, 0.6) is 0 Å². The number of fused-ring (bicyclic) bond motifs is 3. The van der Waals surface area contributed by atoms with Crippen LogP contribution in [0.2, 0.25) is 0 Å². The van der Waals surface area contributed by atoms with Gasteiger partial charge in [0, 0.05) is 55.8 Å². The first-order chi connectivity index (χ1) is 26.5. The van der Waals surface area contributed by atoms with Crippen molar-refractivity contribution in [3.63, 3.8) is 0 Å². The highest BCUT2D eigenvalue weighted by Gasteiger charge is 2.18. The van der Waals surface area contributed by atoms with E-state index in [0.29, 0.717) is 39.0 Å². The fourth-order valence-corrected chi connectivity index (χ4v) is 5.28. The number of nitrogens with zero attached hydrogens (tertiary/aromatic N) is 7. The number of nitrogens with two attached hydrogens (primary N) is 2. The first kappa shape index (κ1) is 43.8. The molecule has 3 aromatic heterocycles. The summed E-state index contributed by atoms with van der Waals surface area (Å²) < 4.78 is 0. The molecule has 0 bridgehead atoms. The second-order valence-electron chi connectivity index (χ2n) is 11.9. The Bertz CT molecular complexity index is 2400. The summed E-state index contributed by atoms with van der Waals surface area (Å²) >= 11 is 0. The normalized spacial score (nSPS) is 11.5. The molecule has 1 amide bonds. The molecule has 4 heterocycles. The molecule has 8 rings (SSSR count). The molecular formula is C41H43N9O7. The number of hydrogen-bond donors (Lipinski definition) is 5. The number of hydrogen-bond acceptors (Lipinski definition) is 12. The Hall–Kier alpha value is -7.62. The maximum atomic E-state index is 12.3. The molecule has 0 saturated carbocycles. The number of likely N-dealkylation sites (tertiary alicyclic amines) is 1. The van der Waals surface area contributed by atoms with Crippen molar-refractivity contribution in [2.75, 3.05) is 24.6 Å². The molecule has 0 atom stereocenters. The van der Waals surface area contributed by atoms with Crippen LogP contribution in [0.3, 0.4) is 0 Å². The topological polar surface area (TPSA) is 262 Å². The van der Waals surface area contributed by atoms with Gasteiger partial charge in [-0.3, -0.25) is 34.7 Å². The number of carbonyl (C=O) groups is 4. The van der Waals surface area contributed by atoms with Crippen molar-refractivity contribution in [3.05, 3.63) is 132 Å². The van der Waals surface area contributed by atoms with Crippen molar-refractivity contribution >= 4 is 68.3 Å². The molecule has 16 nitrogen and oxygen atoms in total. The molecule has 7 aromatic rings. The molecule has 1 aliphatic rings. The lowest BCUT2D eigenvalue weighted by Crippen LogP contribution is -2.35. The molecule has 1 aliphatic heterocycles. The second kappa shape index (κ2) is 20.7. The van der Waals surface area contributed by atoms with E-state index >= 15 is 0 Å². The second-order valence-corrected chi connectivity index (χ2v) is 11.9. The number of aromatic nitrogens is 6. The number of rotatable bonds is 4. The molecule has 7 N–H and O–H groups in total. The van der Waals surface area contributed by atoms with Gasteiger partial charge in [0.05, 0.1) is 61.2 Å². The third kappa shape index (κ3) is 11.9. The lowest BCUT2D eigenvalue weighted by atomic mass is 10.1. The zero-order valence-electron chi connectivity index (χ0n) is 29.2. The minimum Gasteiger partial charge on any atom is -0.478 e. The van der Waals surface area contributed by atoms with Crippen molar-refractivity contribution < 1.29 is 34.5 Å².